The number of unbranched alkanes of at least 4 members (excludes halogenated alkanes) is 2. The Hall–Kier alpha value is 0.0938. The van der Waals surface area contributed by atoms with Gasteiger partial charge >= 0.3 is 0 Å². The predicted octanol–water partition coefficient (Wildman–Crippen LogP) is 7.53. The summed E-state index contributed by atoms with van der Waals surface area (Å²) in [7, 11) is -3.70. The van der Waals surface area contributed by atoms with E-state index in [0.717, 1.165) is 6.42 Å². The van der Waals surface area contributed by atoms with E-state index < -0.39 is 16.6 Å². The normalized spacial score (nSPS) is 16.6. The molecule has 0 saturated carbocycles. The summed E-state index contributed by atoms with van der Waals surface area (Å²) in [6.45, 7) is 29.5. The zero-order valence-electron chi connectivity index (χ0n) is 19.1. The van der Waals surface area contributed by atoms with Crippen molar-refractivity contribution in [3.63, 3.8) is 0 Å². The molecule has 0 aromatic heterocycles. The second kappa shape index (κ2) is 9.34. The molecule has 0 radical (unpaired) electrons. The molecule has 2 nitrogen and oxygen atoms in total. The van der Waals surface area contributed by atoms with Crippen molar-refractivity contribution in [3.8, 4) is 0 Å². The second-order valence-corrected chi connectivity index (χ2v) is 20.0. The molecule has 0 heterocycles. The van der Waals surface area contributed by atoms with Crippen LogP contribution in [0.15, 0.2) is 12.7 Å². The van der Waals surface area contributed by atoms with Crippen LogP contribution in [0.1, 0.15) is 74.1 Å². The van der Waals surface area contributed by atoms with Crippen LogP contribution in [0.3, 0.4) is 0 Å². The average molecular weight is 387 g/mol. The van der Waals surface area contributed by atoms with Gasteiger partial charge in [0.25, 0.3) is 0 Å². The molecule has 0 bridgehead atoms. The Kier molecular flexibility index (Phi) is 9.37. The van der Waals surface area contributed by atoms with Crippen molar-refractivity contribution in [1.82, 2.24) is 0 Å². The van der Waals surface area contributed by atoms with Crippen molar-refractivity contribution in [2.24, 2.45) is 0 Å². The maximum Gasteiger partial charge on any atom is 0.193 e. The van der Waals surface area contributed by atoms with Gasteiger partial charge in [-0.05, 0) is 42.7 Å². The number of hydrogen-bond acceptors (Lipinski definition) is 2. The molecular weight excluding hydrogens is 340 g/mol. The van der Waals surface area contributed by atoms with Gasteiger partial charge in [0.2, 0.25) is 0 Å². The number of rotatable bonds is 10. The Labute approximate surface area is 161 Å². The lowest BCUT2D eigenvalue weighted by molar-refractivity contribution is 0.0561. The van der Waals surface area contributed by atoms with Crippen molar-refractivity contribution in [3.05, 3.63) is 12.7 Å². The minimum atomic E-state index is -1.86. The Balaban J connectivity index is 5.44. The van der Waals surface area contributed by atoms with E-state index in [1.54, 1.807) is 0 Å². The molecule has 150 valence electrons. The van der Waals surface area contributed by atoms with Gasteiger partial charge in [-0.3, -0.25) is 0 Å². The third-order valence-electron chi connectivity index (χ3n) is 6.18. The molecule has 2 unspecified atom stereocenters. The van der Waals surface area contributed by atoms with Gasteiger partial charge in [0, 0.05) is 0 Å². The van der Waals surface area contributed by atoms with E-state index in [4.69, 9.17) is 8.85 Å². The fourth-order valence-corrected chi connectivity index (χ4v) is 4.88. The Morgan fingerprint density at radius 2 is 1.28 bits per heavy atom. The van der Waals surface area contributed by atoms with E-state index in [1.165, 1.54) is 19.3 Å². The lowest BCUT2D eigenvalue weighted by atomic mass is 10.1. The summed E-state index contributed by atoms with van der Waals surface area (Å²) < 4.78 is 13.5. The van der Waals surface area contributed by atoms with Gasteiger partial charge < -0.3 is 8.85 Å². The molecule has 4 heteroatoms. The summed E-state index contributed by atoms with van der Waals surface area (Å²) in [5, 5.41) is 0.401. The number of hydrogen-bond donors (Lipinski definition) is 0. The summed E-state index contributed by atoms with van der Waals surface area (Å²) in [6.07, 6.45) is 6.85. The first kappa shape index (κ1) is 25.1. The molecule has 2 atom stereocenters. The van der Waals surface area contributed by atoms with Crippen LogP contribution in [0, 0.1) is 0 Å². The van der Waals surface area contributed by atoms with E-state index in [2.05, 4.69) is 81.2 Å². The standard InChI is InChI=1S/C21H46O2Si2/c1-13-15-16-17-19(23-25(11,12)21(6,7)8)18(14-2)22-24(9,10)20(3,4)5/h14,18-19H,2,13,15-17H2,1,3-12H3. The highest BCUT2D eigenvalue weighted by Crippen LogP contribution is 2.41. The lowest BCUT2D eigenvalue weighted by Gasteiger charge is -2.44. The van der Waals surface area contributed by atoms with Gasteiger partial charge in [-0.15, -0.1) is 6.58 Å². The molecule has 0 N–H and O–H groups in total. The van der Waals surface area contributed by atoms with Crippen LogP contribution in [0.2, 0.25) is 36.3 Å². The monoisotopic (exact) mass is 386 g/mol. The van der Waals surface area contributed by atoms with Gasteiger partial charge in [-0.25, -0.2) is 0 Å². The fraction of sp³-hybridized carbons (Fsp3) is 0.905. The summed E-state index contributed by atoms with van der Waals surface area (Å²) >= 11 is 0. The van der Waals surface area contributed by atoms with Crippen LogP contribution >= 0.6 is 0 Å². The zero-order chi connectivity index (χ0) is 20.1. The Morgan fingerprint density at radius 1 is 0.840 bits per heavy atom. The summed E-state index contributed by atoms with van der Waals surface area (Å²) in [6, 6.07) is 0. The molecule has 0 aromatic rings. The summed E-state index contributed by atoms with van der Waals surface area (Å²) in [4.78, 5) is 0. The molecule has 0 saturated heterocycles. The average Bonchev–Trinajstić information content (AvgIpc) is 2.41. The third kappa shape index (κ3) is 7.70. The second-order valence-electron chi connectivity index (χ2n) is 10.5. The molecule has 0 aliphatic carbocycles. The van der Waals surface area contributed by atoms with Crippen molar-refractivity contribution >= 4 is 16.6 Å². The lowest BCUT2D eigenvalue weighted by Crippen LogP contribution is -2.51. The summed E-state index contributed by atoms with van der Waals surface area (Å²) in [5.41, 5.74) is 0. The van der Waals surface area contributed by atoms with E-state index >= 15 is 0 Å². The van der Waals surface area contributed by atoms with Crippen molar-refractivity contribution in [1.29, 1.82) is 0 Å². The van der Waals surface area contributed by atoms with Gasteiger partial charge in [0.05, 0.1) is 12.2 Å². The molecule has 0 amide bonds. The van der Waals surface area contributed by atoms with Crippen LogP contribution in [0.5, 0.6) is 0 Å². The molecule has 25 heavy (non-hydrogen) atoms. The first-order valence-corrected chi connectivity index (χ1v) is 15.9. The summed E-state index contributed by atoms with van der Waals surface area (Å²) in [5.74, 6) is 0. The largest absolute Gasteiger partial charge is 0.411 e. The predicted molar refractivity (Wildman–Crippen MR) is 118 cm³/mol. The van der Waals surface area contributed by atoms with Gasteiger partial charge in [-0.2, -0.15) is 0 Å². The maximum atomic E-state index is 6.83. The van der Waals surface area contributed by atoms with Crippen molar-refractivity contribution < 1.29 is 8.85 Å². The van der Waals surface area contributed by atoms with Crippen molar-refractivity contribution in [2.45, 2.75) is 123 Å². The van der Waals surface area contributed by atoms with E-state index in [9.17, 15) is 0 Å². The van der Waals surface area contributed by atoms with E-state index in [-0.39, 0.29) is 22.3 Å². The van der Waals surface area contributed by atoms with Gasteiger partial charge in [0.1, 0.15) is 0 Å². The molecule has 0 aliphatic rings. The highest BCUT2D eigenvalue weighted by Gasteiger charge is 2.43. The fourth-order valence-electron chi connectivity index (χ4n) is 2.23. The van der Waals surface area contributed by atoms with Crippen molar-refractivity contribution in [2.75, 3.05) is 0 Å². The van der Waals surface area contributed by atoms with E-state index in [0.29, 0.717) is 0 Å². The molecular formula is C21H46O2Si2. The van der Waals surface area contributed by atoms with Crippen LogP contribution in [0.4, 0.5) is 0 Å². The molecule has 0 aliphatic heterocycles. The van der Waals surface area contributed by atoms with Crippen LogP contribution in [-0.4, -0.2) is 28.8 Å². The molecule has 0 spiro atoms. The van der Waals surface area contributed by atoms with Crippen LogP contribution < -0.4 is 0 Å². The van der Waals surface area contributed by atoms with Gasteiger partial charge in [-0.1, -0.05) is 73.8 Å². The zero-order valence-corrected chi connectivity index (χ0v) is 21.1. The maximum absolute atomic E-state index is 6.83. The highest BCUT2D eigenvalue weighted by atomic mass is 28.4. The van der Waals surface area contributed by atoms with Gasteiger partial charge in [0.15, 0.2) is 16.6 Å². The smallest absolute Gasteiger partial charge is 0.193 e. The first-order valence-electron chi connectivity index (χ1n) is 10.1. The minimum absolute atomic E-state index is 0.00753. The van der Waals surface area contributed by atoms with E-state index in [1.807, 2.05) is 6.08 Å². The Bertz CT molecular complexity index is 403. The molecule has 0 fully saturated rings. The SMILES string of the molecule is C=CC(O[Si](C)(C)C(C)(C)C)C(CCCCC)O[Si](C)(C)C(C)(C)C. The highest BCUT2D eigenvalue weighted by molar-refractivity contribution is 6.74. The van der Waals surface area contributed by atoms with Crippen LogP contribution in [-0.2, 0) is 8.85 Å². The first-order chi connectivity index (χ1) is 11.1. The molecule has 0 aromatic carbocycles. The third-order valence-corrected chi connectivity index (χ3v) is 15.2. The minimum Gasteiger partial charge on any atom is -0.411 e. The Morgan fingerprint density at radius 3 is 1.64 bits per heavy atom. The van der Waals surface area contributed by atoms with Crippen LogP contribution in [0.25, 0.3) is 0 Å². The molecule has 0 rings (SSSR count). The quantitative estimate of drug-likeness (QED) is 0.219. The topological polar surface area (TPSA) is 18.5 Å².